The number of anilines is 4. The van der Waals surface area contributed by atoms with Crippen molar-refractivity contribution in [3.8, 4) is 0 Å². The summed E-state index contributed by atoms with van der Waals surface area (Å²) >= 11 is 0. The molecule has 0 aliphatic rings. The van der Waals surface area contributed by atoms with Crippen LogP contribution in [0.3, 0.4) is 0 Å². The van der Waals surface area contributed by atoms with E-state index in [-0.39, 0.29) is 5.82 Å². The van der Waals surface area contributed by atoms with Crippen molar-refractivity contribution in [1.29, 1.82) is 0 Å². The van der Waals surface area contributed by atoms with Crippen LogP contribution in [0.1, 0.15) is 30.9 Å². The molecule has 1 heterocycles. The van der Waals surface area contributed by atoms with E-state index in [4.69, 9.17) is 0 Å². The predicted octanol–water partition coefficient (Wildman–Crippen LogP) is 4.93. The zero-order valence-electron chi connectivity index (χ0n) is 14.4. The summed E-state index contributed by atoms with van der Waals surface area (Å²) < 4.78 is 13.3. The number of nitrogens with zero attached hydrogens (tertiary/aromatic N) is 3. The average molecular weight is 337 g/mol. The van der Waals surface area contributed by atoms with Crippen LogP contribution in [-0.2, 0) is 0 Å². The molecule has 2 N–H and O–H groups in total. The predicted molar refractivity (Wildman–Crippen MR) is 98.1 cm³/mol. The van der Waals surface area contributed by atoms with Crippen molar-refractivity contribution in [2.45, 2.75) is 26.7 Å². The van der Waals surface area contributed by atoms with Gasteiger partial charge in [0.2, 0.25) is 5.95 Å². The summed E-state index contributed by atoms with van der Waals surface area (Å²) in [5.41, 5.74) is 3.93. The Kier molecular flexibility index (Phi) is 4.88. The molecule has 0 radical (unpaired) electrons. The van der Waals surface area contributed by atoms with Crippen molar-refractivity contribution in [2.24, 2.45) is 0 Å². The van der Waals surface area contributed by atoms with Crippen molar-refractivity contribution in [3.63, 3.8) is 0 Å². The molecule has 0 saturated carbocycles. The van der Waals surface area contributed by atoms with Crippen LogP contribution in [0.15, 0.2) is 48.7 Å². The number of hydrogen-bond donors (Lipinski definition) is 2. The first-order valence-electron chi connectivity index (χ1n) is 8.12. The average Bonchev–Trinajstić information content (AvgIpc) is 2.57. The van der Waals surface area contributed by atoms with E-state index in [0.29, 0.717) is 23.4 Å². The fourth-order valence-electron chi connectivity index (χ4n) is 2.58. The van der Waals surface area contributed by atoms with Gasteiger partial charge in [-0.05, 0) is 42.2 Å². The molecular weight excluding hydrogens is 317 g/mol. The SMILES string of the molecule is Cc1cccc(C(C)C)c1Nc1cnnc(Nc2cccc(F)c2)n1. The van der Waals surface area contributed by atoms with Crippen LogP contribution < -0.4 is 10.6 Å². The number of benzene rings is 2. The normalized spacial score (nSPS) is 10.8. The molecule has 0 fully saturated rings. The minimum Gasteiger partial charge on any atom is -0.338 e. The standard InChI is InChI=1S/C19H20FN5/c1-12(2)16-9-4-6-13(3)18(16)23-17-11-21-25-19(24-17)22-15-8-5-7-14(20)10-15/h4-12H,1-3H3,(H2,22,23,24,25). The lowest BCUT2D eigenvalue weighted by Gasteiger charge is -2.16. The molecular formula is C19H20FN5. The second-order valence-corrected chi connectivity index (χ2v) is 6.12. The molecule has 128 valence electrons. The summed E-state index contributed by atoms with van der Waals surface area (Å²) in [6, 6.07) is 12.3. The van der Waals surface area contributed by atoms with Crippen LogP contribution in [0.2, 0.25) is 0 Å². The highest BCUT2D eigenvalue weighted by molar-refractivity contribution is 5.66. The number of aromatic nitrogens is 3. The molecule has 25 heavy (non-hydrogen) atoms. The molecule has 0 amide bonds. The van der Waals surface area contributed by atoms with E-state index in [1.54, 1.807) is 18.3 Å². The van der Waals surface area contributed by atoms with Gasteiger partial charge in [0.1, 0.15) is 5.82 Å². The van der Waals surface area contributed by atoms with Crippen molar-refractivity contribution in [2.75, 3.05) is 10.6 Å². The second kappa shape index (κ2) is 7.25. The highest BCUT2D eigenvalue weighted by atomic mass is 19.1. The molecule has 0 saturated heterocycles. The van der Waals surface area contributed by atoms with E-state index in [2.05, 4.69) is 58.7 Å². The minimum atomic E-state index is -0.325. The van der Waals surface area contributed by atoms with Gasteiger partial charge in [-0.3, -0.25) is 0 Å². The Morgan fingerprint density at radius 1 is 1.04 bits per heavy atom. The van der Waals surface area contributed by atoms with Crippen molar-refractivity contribution in [1.82, 2.24) is 15.2 Å². The Hall–Kier alpha value is -3.02. The molecule has 0 aliphatic carbocycles. The molecule has 0 bridgehead atoms. The first kappa shape index (κ1) is 16.8. The number of halogens is 1. The van der Waals surface area contributed by atoms with E-state index in [0.717, 1.165) is 11.3 Å². The Morgan fingerprint density at radius 2 is 1.84 bits per heavy atom. The van der Waals surface area contributed by atoms with Gasteiger partial charge in [-0.15, -0.1) is 5.10 Å². The van der Waals surface area contributed by atoms with Crippen LogP contribution in [-0.4, -0.2) is 15.2 Å². The van der Waals surface area contributed by atoms with E-state index < -0.39 is 0 Å². The van der Waals surface area contributed by atoms with Crippen molar-refractivity contribution in [3.05, 3.63) is 65.6 Å². The number of rotatable bonds is 5. The molecule has 1 aromatic heterocycles. The monoisotopic (exact) mass is 337 g/mol. The van der Waals surface area contributed by atoms with Crippen molar-refractivity contribution >= 4 is 23.1 Å². The zero-order chi connectivity index (χ0) is 17.8. The maximum absolute atomic E-state index is 13.3. The van der Waals surface area contributed by atoms with Gasteiger partial charge in [0.05, 0.1) is 6.20 Å². The summed E-state index contributed by atoms with van der Waals surface area (Å²) in [6.07, 6.45) is 1.56. The number of aryl methyl sites for hydroxylation is 1. The van der Waals surface area contributed by atoms with E-state index in [9.17, 15) is 4.39 Å². The van der Waals surface area contributed by atoms with Gasteiger partial charge in [0.15, 0.2) is 5.82 Å². The number of hydrogen-bond acceptors (Lipinski definition) is 5. The molecule has 3 rings (SSSR count). The maximum Gasteiger partial charge on any atom is 0.249 e. The first-order chi connectivity index (χ1) is 12.0. The Bertz CT molecular complexity index is 879. The molecule has 0 spiro atoms. The summed E-state index contributed by atoms with van der Waals surface area (Å²) in [5.74, 6) is 0.927. The maximum atomic E-state index is 13.3. The third-order valence-corrected chi connectivity index (χ3v) is 3.82. The van der Waals surface area contributed by atoms with Gasteiger partial charge < -0.3 is 10.6 Å². The third kappa shape index (κ3) is 4.09. The topological polar surface area (TPSA) is 62.7 Å². The number of para-hydroxylation sites is 1. The fraction of sp³-hybridized carbons (Fsp3) is 0.211. The van der Waals surface area contributed by atoms with Gasteiger partial charge in [0, 0.05) is 11.4 Å². The number of nitrogens with one attached hydrogen (secondary N) is 2. The van der Waals surface area contributed by atoms with Crippen LogP contribution in [0.5, 0.6) is 0 Å². The van der Waals surface area contributed by atoms with E-state index in [1.807, 2.05) is 6.07 Å². The lowest BCUT2D eigenvalue weighted by Crippen LogP contribution is -2.05. The van der Waals surface area contributed by atoms with E-state index >= 15 is 0 Å². The summed E-state index contributed by atoms with van der Waals surface area (Å²) in [7, 11) is 0. The Labute approximate surface area is 146 Å². The van der Waals surface area contributed by atoms with Crippen LogP contribution in [0.25, 0.3) is 0 Å². The quantitative estimate of drug-likeness (QED) is 0.691. The molecule has 0 unspecified atom stereocenters. The minimum absolute atomic E-state index is 0.301. The smallest absolute Gasteiger partial charge is 0.249 e. The molecule has 0 aliphatic heterocycles. The van der Waals surface area contributed by atoms with Gasteiger partial charge >= 0.3 is 0 Å². The van der Waals surface area contributed by atoms with Gasteiger partial charge in [0.25, 0.3) is 0 Å². The largest absolute Gasteiger partial charge is 0.338 e. The van der Waals surface area contributed by atoms with Gasteiger partial charge in [-0.25, -0.2) is 4.39 Å². The first-order valence-corrected chi connectivity index (χ1v) is 8.12. The summed E-state index contributed by atoms with van der Waals surface area (Å²) in [4.78, 5) is 4.42. The molecule has 5 nitrogen and oxygen atoms in total. The fourth-order valence-corrected chi connectivity index (χ4v) is 2.58. The molecule has 2 aromatic carbocycles. The zero-order valence-corrected chi connectivity index (χ0v) is 14.4. The second-order valence-electron chi connectivity index (χ2n) is 6.12. The van der Waals surface area contributed by atoms with E-state index in [1.165, 1.54) is 17.7 Å². The molecule has 0 atom stereocenters. The van der Waals surface area contributed by atoms with Crippen LogP contribution in [0, 0.1) is 12.7 Å². The van der Waals surface area contributed by atoms with Crippen LogP contribution in [0.4, 0.5) is 27.5 Å². The highest BCUT2D eigenvalue weighted by Crippen LogP contribution is 2.29. The molecule has 6 heteroatoms. The third-order valence-electron chi connectivity index (χ3n) is 3.82. The summed E-state index contributed by atoms with van der Waals surface area (Å²) in [6.45, 7) is 6.35. The Morgan fingerprint density at radius 3 is 2.60 bits per heavy atom. The van der Waals surface area contributed by atoms with Crippen molar-refractivity contribution < 1.29 is 4.39 Å². The molecule has 3 aromatic rings. The van der Waals surface area contributed by atoms with Gasteiger partial charge in [-0.2, -0.15) is 10.1 Å². The van der Waals surface area contributed by atoms with Crippen LogP contribution >= 0.6 is 0 Å². The summed E-state index contributed by atoms with van der Waals surface area (Å²) in [5, 5.41) is 14.2. The van der Waals surface area contributed by atoms with Gasteiger partial charge in [-0.1, -0.05) is 38.1 Å². The lowest BCUT2D eigenvalue weighted by atomic mass is 9.98. The highest BCUT2D eigenvalue weighted by Gasteiger charge is 2.10. The Balaban J connectivity index is 1.86. The lowest BCUT2D eigenvalue weighted by molar-refractivity contribution is 0.628.